The van der Waals surface area contributed by atoms with E-state index in [4.69, 9.17) is 0 Å². The zero-order valence-electron chi connectivity index (χ0n) is 14.6. The van der Waals surface area contributed by atoms with Crippen LogP contribution in [0.25, 0.3) is 21.8 Å². The average Bonchev–Trinajstić information content (AvgIpc) is 2.91. The summed E-state index contributed by atoms with van der Waals surface area (Å²) in [5, 5.41) is 13.2. The minimum Gasteiger partial charge on any atom is -0.385 e. The summed E-state index contributed by atoms with van der Waals surface area (Å²) in [6.45, 7) is 6.19. The summed E-state index contributed by atoms with van der Waals surface area (Å²) in [5.41, 5.74) is 2.40. The van der Waals surface area contributed by atoms with Gasteiger partial charge in [0.25, 0.3) is 0 Å². The second-order valence-electron chi connectivity index (χ2n) is 7.35. The van der Waals surface area contributed by atoms with Crippen molar-refractivity contribution in [3.63, 3.8) is 0 Å². The number of benzene rings is 2. The lowest BCUT2D eigenvalue weighted by molar-refractivity contribution is -1.00. The maximum Gasteiger partial charge on any atom is 0.127 e. The van der Waals surface area contributed by atoms with E-state index < -0.39 is 0 Å². The van der Waals surface area contributed by atoms with Crippen LogP contribution in [0.5, 0.6) is 0 Å². The molecular weight excluding hydrogens is 378 g/mol. The number of halogens is 1. The number of aromatic nitrogens is 1. The van der Waals surface area contributed by atoms with Crippen molar-refractivity contribution in [3.05, 3.63) is 46.9 Å². The number of nitrogens with one attached hydrogen (secondary N) is 2. The normalized spacial score (nSPS) is 22.5. The monoisotopic (exact) mass is 403 g/mol. The molecule has 132 valence electrons. The van der Waals surface area contributed by atoms with Gasteiger partial charge in [0.1, 0.15) is 38.8 Å². The second-order valence-corrected chi connectivity index (χ2v) is 8.27. The van der Waals surface area contributed by atoms with Crippen LogP contribution in [0.2, 0.25) is 0 Å². The summed E-state index contributed by atoms with van der Waals surface area (Å²) >= 11 is 3.58. The minimum absolute atomic E-state index is 0.323. The molecule has 1 aromatic heterocycles. The molecule has 2 heterocycles. The van der Waals surface area contributed by atoms with Crippen molar-refractivity contribution in [3.8, 4) is 0 Å². The van der Waals surface area contributed by atoms with Crippen molar-refractivity contribution in [1.82, 2.24) is 4.57 Å². The molecule has 2 aromatic carbocycles. The molecule has 1 atom stereocenters. The molecule has 0 unspecified atom stereocenters. The lowest BCUT2D eigenvalue weighted by Crippen LogP contribution is -3.27. The Hall–Kier alpha value is -1.40. The minimum atomic E-state index is -0.323. The van der Waals surface area contributed by atoms with Crippen LogP contribution in [0.1, 0.15) is 0 Å². The van der Waals surface area contributed by atoms with E-state index in [-0.39, 0.29) is 6.10 Å². The molecule has 0 spiro atoms. The number of fused-ring (bicyclic) bond motifs is 3. The molecule has 1 fully saturated rings. The van der Waals surface area contributed by atoms with Crippen LogP contribution in [0.15, 0.2) is 46.9 Å². The van der Waals surface area contributed by atoms with E-state index in [0.717, 1.165) is 24.1 Å². The van der Waals surface area contributed by atoms with Crippen molar-refractivity contribution in [2.45, 2.75) is 12.6 Å². The molecule has 1 aliphatic rings. The molecule has 0 saturated carbocycles. The Morgan fingerprint density at radius 2 is 1.76 bits per heavy atom. The van der Waals surface area contributed by atoms with Gasteiger partial charge in [-0.25, -0.2) is 0 Å². The van der Waals surface area contributed by atoms with Crippen LogP contribution >= 0.6 is 15.9 Å². The SMILES string of the molecule is C[NH+]1CC[NH+](C[C@H](O)Cn2c3ccccc3c3cc(Br)ccc32)CC1. The number of piperazine rings is 1. The average molecular weight is 404 g/mol. The largest absolute Gasteiger partial charge is 0.385 e. The fourth-order valence-corrected chi connectivity index (χ4v) is 4.43. The number of para-hydroxylation sites is 1. The molecule has 0 aliphatic carbocycles. The van der Waals surface area contributed by atoms with Gasteiger partial charge in [-0.1, -0.05) is 34.1 Å². The zero-order chi connectivity index (χ0) is 17.4. The van der Waals surface area contributed by atoms with Crippen molar-refractivity contribution < 1.29 is 14.9 Å². The Morgan fingerprint density at radius 3 is 2.56 bits per heavy atom. The molecule has 3 aromatic rings. The topological polar surface area (TPSA) is 34.0 Å². The molecular formula is C20H26BrN3O+2. The third-order valence-corrected chi connectivity index (χ3v) is 5.96. The number of aliphatic hydroxyl groups excluding tert-OH is 1. The van der Waals surface area contributed by atoms with Gasteiger partial charge >= 0.3 is 0 Å². The number of rotatable bonds is 4. The highest BCUT2D eigenvalue weighted by molar-refractivity contribution is 9.10. The Morgan fingerprint density at radius 1 is 1.04 bits per heavy atom. The predicted molar refractivity (Wildman–Crippen MR) is 105 cm³/mol. The maximum atomic E-state index is 10.8. The van der Waals surface area contributed by atoms with Crippen LogP contribution in [0, 0.1) is 0 Å². The molecule has 1 saturated heterocycles. The highest BCUT2D eigenvalue weighted by Gasteiger charge is 2.23. The second kappa shape index (κ2) is 7.08. The number of nitrogens with zero attached hydrogens (tertiary/aromatic N) is 1. The van der Waals surface area contributed by atoms with E-state index in [1.807, 2.05) is 0 Å². The fourth-order valence-electron chi connectivity index (χ4n) is 4.07. The van der Waals surface area contributed by atoms with Crippen molar-refractivity contribution in [2.24, 2.45) is 0 Å². The van der Waals surface area contributed by atoms with Crippen molar-refractivity contribution in [1.29, 1.82) is 0 Å². The molecule has 25 heavy (non-hydrogen) atoms. The number of quaternary nitrogens is 2. The maximum absolute atomic E-state index is 10.8. The van der Waals surface area contributed by atoms with E-state index >= 15 is 0 Å². The number of aliphatic hydroxyl groups is 1. The zero-order valence-corrected chi connectivity index (χ0v) is 16.2. The third-order valence-electron chi connectivity index (χ3n) is 5.46. The molecule has 0 bridgehead atoms. The van der Waals surface area contributed by atoms with Gasteiger partial charge in [-0.05, 0) is 24.3 Å². The molecule has 4 rings (SSSR count). The third kappa shape index (κ3) is 3.47. The number of likely N-dealkylation sites (N-methyl/N-ethyl adjacent to an activating group) is 1. The van der Waals surface area contributed by atoms with E-state index in [9.17, 15) is 5.11 Å². The first kappa shape index (κ1) is 17.0. The molecule has 1 aliphatic heterocycles. The molecule has 4 nitrogen and oxygen atoms in total. The van der Waals surface area contributed by atoms with Gasteiger partial charge in [0.05, 0.1) is 13.6 Å². The van der Waals surface area contributed by atoms with Gasteiger partial charge in [0.2, 0.25) is 0 Å². The smallest absolute Gasteiger partial charge is 0.127 e. The van der Waals surface area contributed by atoms with Gasteiger partial charge in [-0.3, -0.25) is 0 Å². The highest BCUT2D eigenvalue weighted by atomic mass is 79.9. The van der Waals surface area contributed by atoms with Gasteiger partial charge in [-0.15, -0.1) is 0 Å². The summed E-state index contributed by atoms with van der Waals surface area (Å²) in [6, 6.07) is 14.9. The summed E-state index contributed by atoms with van der Waals surface area (Å²) in [4.78, 5) is 3.13. The van der Waals surface area contributed by atoms with Crippen molar-refractivity contribution in [2.75, 3.05) is 39.8 Å². The molecule has 0 amide bonds. The van der Waals surface area contributed by atoms with E-state index in [1.165, 1.54) is 39.8 Å². The van der Waals surface area contributed by atoms with Gasteiger partial charge in [0.15, 0.2) is 0 Å². The van der Waals surface area contributed by atoms with Crippen LogP contribution in [0.3, 0.4) is 0 Å². The lowest BCUT2D eigenvalue weighted by atomic mass is 10.2. The number of hydrogen-bond donors (Lipinski definition) is 3. The van der Waals surface area contributed by atoms with E-state index in [2.05, 4.69) is 70.0 Å². The standard InChI is InChI=1S/C20H24BrN3O/c1-22-8-10-23(11-9-22)13-16(25)14-24-19-5-3-2-4-17(19)18-12-15(21)6-7-20(18)24/h2-7,12,16,25H,8-11,13-14H2,1H3/p+2/t16-/m0/s1. The first-order valence-electron chi connectivity index (χ1n) is 9.11. The van der Waals surface area contributed by atoms with Crippen LogP contribution in [-0.2, 0) is 6.54 Å². The van der Waals surface area contributed by atoms with Crippen LogP contribution in [-0.4, -0.2) is 55.5 Å². The molecule has 3 N–H and O–H groups in total. The van der Waals surface area contributed by atoms with Crippen LogP contribution < -0.4 is 9.80 Å². The summed E-state index contributed by atoms with van der Waals surface area (Å²) in [6.07, 6.45) is -0.323. The Kier molecular flexibility index (Phi) is 4.82. The predicted octanol–water partition coefficient (Wildman–Crippen LogP) is 0.331. The summed E-state index contributed by atoms with van der Waals surface area (Å²) in [7, 11) is 2.25. The Balaban J connectivity index is 1.61. The Bertz CT molecular complexity index is 883. The first-order chi connectivity index (χ1) is 12.1. The van der Waals surface area contributed by atoms with Gasteiger partial charge in [0, 0.05) is 26.3 Å². The quantitative estimate of drug-likeness (QED) is 0.576. The summed E-state index contributed by atoms with van der Waals surface area (Å²) < 4.78 is 3.37. The van der Waals surface area contributed by atoms with Crippen LogP contribution in [0.4, 0.5) is 0 Å². The number of hydrogen-bond acceptors (Lipinski definition) is 1. The van der Waals surface area contributed by atoms with Gasteiger partial charge in [-0.2, -0.15) is 0 Å². The summed E-state index contributed by atoms with van der Waals surface area (Å²) in [5.74, 6) is 0. The van der Waals surface area contributed by atoms with Gasteiger partial charge < -0.3 is 19.5 Å². The molecule has 5 heteroatoms. The lowest BCUT2D eigenvalue weighted by Gasteiger charge is -2.28. The first-order valence-corrected chi connectivity index (χ1v) is 9.90. The fraction of sp³-hybridized carbons (Fsp3) is 0.400. The van der Waals surface area contributed by atoms with Crippen molar-refractivity contribution >= 4 is 37.7 Å². The Labute approximate surface area is 156 Å². The van der Waals surface area contributed by atoms with E-state index in [1.54, 1.807) is 4.90 Å². The highest BCUT2D eigenvalue weighted by Crippen LogP contribution is 2.31. The van der Waals surface area contributed by atoms with E-state index in [0.29, 0.717) is 6.54 Å². The molecule has 0 radical (unpaired) electrons.